The van der Waals surface area contributed by atoms with E-state index in [0.29, 0.717) is 18.6 Å². The molecule has 0 saturated carbocycles. The number of carbonyl (C=O) groups is 2. The van der Waals surface area contributed by atoms with E-state index in [1.165, 1.54) is 20.3 Å². The Kier molecular flexibility index (Phi) is 5.68. The van der Waals surface area contributed by atoms with Crippen LogP contribution in [0.5, 0.6) is 0 Å². The van der Waals surface area contributed by atoms with E-state index in [1.54, 1.807) is 13.8 Å². The Bertz CT molecular complexity index is 452. The lowest BCUT2D eigenvalue weighted by molar-refractivity contribution is -0.194. The van der Waals surface area contributed by atoms with Crippen LogP contribution in [0.2, 0.25) is 0 Å². The summed E-state index contributed by atoms with van der Waals surface area (Å²) in [6, 6.07) is 0.501. The van der Waals surface area contributed by atoms with Crippen LogP contribution in [0.3, 0.4) is 0 Å². The van der Waals surface area contributed by atoms with Gasteiger partial charge in [0.15, 0.2) is 0 Å². The van der Waals surface area contributed by atoms with Gasteiger partial charge in [-0.15, -0.1) is 0 Å². The predicted molar refractivity (Wildman–Crippen MR) is 84.7 cm³/mol. The minimum absolute atomic E-state index is 0.321. The van der Waals surface area contributed by atoms with Gasteiger partial charge in [-0.25, -0.2) is 4.79 Å². The van der Waals surface area contributed by atoms with E-state index in [9.17, 15) is 14.7 Å². The van der Waals surface area contributed by atoms with Crippen LogP contribution in [0.1, 0.15) is 47.0 Å². The van der Waals surface area contributed by atoms with Crippen LogP contribution < -0.4 is 0 Å². The molecular formula is C17H29NO5. The molecule has 23 heavy (non-hydrogen) atoms. The minimum atomic E-state index is -1.82. The Morgan fingerprint density at radius 2 is 1.96 bits per heavy atom. The second-order valence-electron chi connectivity index (χ2n) is 7.12. The van der Waals surface area contributed by atoms with Crippen LogP contribution in [0.4, 0.5) is 0 Å². The van der Waals surface area contributed by atoms with E-state index in [0.717, 1.165) is 25.9 Å². The molecule has 2 heterocycles. The summed E-state index contributed by atoms with van der Waals surface area (Å²) in [6.45, 7) is 8.74. The molecule has 0 aromatic carbocycles. The fourth-order valence-electron chi connectivity index (χ4n) is 3.89. The number of hydrogen-bond acceptors (Lipinski definition) is 6. The largest absolute Gasteiger partial charge is 0.463 e. The summed E-state index contributed by atoms with van der Waals surface area (Å²) in [5.74, 6) is -1.31. The maximum atomic E-state index is 12.5. The van der Waals surface area contributed by atoms with Crippen LogP contribution in [0.25, 0.3) is 0 Å². The summed E-state index contributed by atoms with van der Waals surface area (Å²) >= 11 is 0. The van der Waals surface area contributed by atoms with Crippen molar-refractivity contribution >= 4 is 11.9 Å². The van der Waals surface area contributed by atoms with Gasteiger partial charge >= 0.3 is 11.9 Å². The van der Waals surface area contributed by atoms with Crippen LogP contribution in [-0.2, 0) is 19.1 Å². The molecule has 6 nitrogen and oxygen atoms in total. The molecule has 1 N–H and O–H groups in total. The molecule has 2 saturated heterocycles. The lowest BCUT2D eigenvalue weighted by atomic mass is 9.85. The van der Waals surface area contributed by atoms with Gasteiger partial charge in [0.2, 0.25) is 5.60 Å². The van der Waals surface area contributed by atoms with Gasteiger partial charge in [-0.2, -0.15) is 0 Å². The SMILES string of the molecule is CC(=O)O[C@H](C)[C@](O)(C(=O)OC[C@@H]1CCN2CCC[C@@H]12)C(C)C. The van der Waals surface area contributed by atoms with Gasteiger partial charge in [0.25, 0.3) is 0 Å². The zero-order valence-electron chi connectivity index (χ0n) is 14.6. The van der Waals surface area contributed by atoms with Crippen molar-refractivity contribution in [2.24, 2.45) is 11.8 Å². The zero-order valence-corrected chi connectivity index (χ0v) is 14.6. The van der Waals surface area contributed by atoms with E-state index in [-0.39, 0.29) is 0 Å². The first-order valence-corrected chi connectivity index (χ1v) is 8.57. The van der Waals surface area contributed by atoms with Crippen molar-refractivity contribution < 1.29 is 24.2 Å². The summed E-state index contributed by atoms with van der Waals surface area (Å²) in [5.41, 5.74) is -1.82. The maximum absolute atomic E-state index is 12.5. The molecule has 0 aromatic heterocycles. The fourth-order valence-corrected chi connectivity index (χ4v) is 3.89. The van der Waals surface area contributed by atoms with Crippen molar-refractivity contribution in [2.45, 2.75) is 64.7 Å². The van der Waals surface area contributed by atoms with Crippen LogP contribution in [0.15, 0.2) is 0 Å². The third-order valence-corrected chi connectivity index (χ3v) is 5.34. The van der Waals surface area contributed by atoms with Crippen molar-refractivity contribution in [3.8, 4) is 0 Å². The molecule has 0 unspecified atom stereocenters. The number of aliphatic hydroxyl groups is 1. The van der Waals surface area contributed by atoms with E-state index in [1.807, 2.05) is 0 Å². The highest BCUT2D eigenvalue weighted by Gasteiger charge is 2.49. The summed E-state index contributed by atoms with van der Waals surface area (Å²) in [4.78, 5) is 26.1. The Balaban J connectivity index is 1.97. The highest BCUT2D eigenvalue weighted by molar-refractivity contribution is 5.81. The normalized spacial score (nSPS) is 28.3. The monoisotopic (exact) mass is 327 g/mol. The van der Waals surface area contributed by atoms with Gasteiger partial charge in [-0.3, -0.25) is 9.69 Å². The van der Waals surface area contributed by atoms with E-state index < -0.39 is 29.6 Å². The first-order valence-electron chi connectivity index (χ1n) is 8.57. The van der Waals surface area contributed by atoms with Crippen molar-refractivity contribution in [3.05, 3.63) is 0 Å². The number of fused-ring (bicyclic) bond motifs is 1. The molecule has 2 fully saturated rings. The van der Waals surface area contributed by atoms with Gasteiger partial charge in [0.05, 0.1) is 6.61 Å². The molecule has 2 rings (SSSR count). The number of nitrogens with zero attached hydrogens (tertiary/aromatic N) is 1. The second-order valence-corrected chi connectivity index (χ2v) is 7.12. The molecule has 0 amide bonds. The number of carbonyl (C=O) groups excluding carboxylic acids is 2. The van der Waals surface area contributed by atoms with Crippen molar-refractivity contribution in [1.29, 1.82) is 0 Å². The van der Waals surface area contributed by atoms with Crippen LogP contribution in [0, 0.1) is 11.8 Å². The molecule has 2 aliphatic heterocycles. The molecule has 0 bridgehead atoms. The topological polar surface area (TPSA) is 76.1 Å². The van der Waals surface area contributed by atoms with E-state index in [2.05, 4.69) is 4.90 Å². The summed E-state index contributed by atoms with van der Waals surface area (Å²) < 4.78 is 10.5. The molecule has 132 valence electrons. The van der Waals surface area contributed by atoms with E-state index >= 15 is 0 Å². The molecule has 0 radical (unpaired) electrons. The molecule has 0 aromatic rings. The van der Waals surface area contributed by atoms with Gasteiger partial charge in [0, 0.05) is 18.9 Å². The second kappa shape index (κ2) is 7.18. The van der Waals surface area contributed by atoms with Gasteiger partial charge in [-0.1, -0.05) is 13.8 Å². The quantitative estimate of drug-likeness (QED) is 0.742. The van der Waals surface area contributed by atoms with Crippen molar-refractivity contribution in [2.75, 3.05) is 19.7 Å². The molecule has 0 aliphatic carbocycles. The van der Waals surface area contributed by atoms with Gasteiger partial charge in [-0.05, 0) is 45.2 Å². The van der Waals surface area contributed by atoms with Gasteiger partial charge < -0.3 is 14.6 Å². The zero-order chi connectivity index (χ0) is 17.2. The van der Waals surface area contributed by atoms with Crippen molar-refractivity contribution in [3.63, 3.8) is 0 Å². The average Bonchev–Trinajstić information content (AvgIpc) is 3.06. The molecule has 6 heteroatoms. The summed E-state index contributed by atoms with van der Waals surface area (Å²) in [6.07, 6.45) is 2.44. The minimum Gasteiger partial charge on any atom is -0.463 e. The third kappa shape index (κ3) is 3.69. The Hall–Kier alpha value is -1.14. The van der Waals surface area contributed by atoms with Crippen molar-refractivity contribution in [1.82, 2.24) is 4.90 Å². The standard InChI is InChI=1S/C17H29NO5/c1-11(2)17(21,12(3)23-13(4)19)16(20)22-10-14-7-9-18-8-5-6-15(14)18/h11-12,14-15,21H,5-10H2,1-4H3/t12-,14+,15+,17+/m1/s1. The highest BCUT2D eigenvalue weighted by Crippen LogP contribution is 2.33. The lowest BCUT2D eigenvalue weighted by Gasteiger charge is -2.34. The average molecular weight is 327 g/mol. The number of hydrogen-bond donors (Lipinski definition) is 1. The first-order chi connectivity index (χ1) is 10.8. The Morgan fingerprint density at radius 3 is 2.57 bits per heavy atom. The fraction of sp³-hybridized carbons (Fsp3) is 0.882. The Labute approximate surface area is 138 Å². The Morgan fingerprint density at radius 1 is 1.26 bits per heavy atom. The summed E-state index contributed by atoms with van der Waals surface area (Å²) in [5, 5.41) is 10.8. The highest BCUT2D eigenvalue weighted by atomic mass is 16.6. The smallest absolute Gasteiger partial charge is 0.342 e. The maximum Gasteiger partial charge on any atom is 0.342 e. The van der Waals surface area contributed by atoms with Gasteiger partial charge in [0.1, 0.15) is 6.10 Å². The van der Waals surface area contributed by atoms with E-state index in [4.69, 9.17) is 9.47 Å². The molecule has 0 spiro atoms. The third-order valence-electron chi connectivity index (χ3n) is 5.34. The lowest BCUT2D eigenvalue weighted by Crippen LogP contribution is -2.55. The van der Waals surface area contributed by atoms with Crippen LogP contribution in [-0.4, -0.2) is 59.4 Å². The molecule has 4 atom stereocenters. The number of rotatable bonds is 6. The van der Waals surface area contributed by atoms with Crippen LogP contribution >= 0.6 is 0 Å². The first kappa shape index (κ1) is 18.2. The predicted octanol–water partition coefficient (Wildman–Crippen LogP) is 1.35. The summed E-state index contributed by atoms with van der Waals surface area (Å²) in [7, 11) is 0. The molecule has 2 aliphatic rings. The number of esters is 2. The molecular weight excluding hydrogens is 298 g/mol. The number of ether oxygens (including phenoxy) is 2.